The second kappa shape index (κ2) is 6.57. The lowest BCUT2D eigenvalue weighted by molar-refractivity contribution is -0.115. The van der Waals surface area contributed by atoms with E-state index in [0.29, 0.717) is 16.9 Å². The molecule has 0 unspecified atom stereocenters. The first-order valence-electron chi connectivity index (χ1n) is 6.44. The molecule has 7 heteroatoms. The molecule has 0 aliphatic carbocycles. The summed E-state index contributed by atoms with van der Waals surface area (Å²) in [6.45, 7) is 0. The SMILES string of the molecule is CS(=O)(=O)Nc1ccc(NC(=O)Cc2cccc(F)c2)cc1. The summed E-state index contributed by atoms with van der Waals surface area (Å²) in [5.74, 6) is -0.670. The van der Waals surface area contributed by atoms with E-state index in [4.69, 9.17) is 0 Å². The molecule has 0 aliphatic rings. The van der Waals surface area contributed by atoms with Crippen LogP contribution in [0.2, 0.25) is 0 Å². The molecule has 2 aromatic rings. The summed E-state index contributed by atoms with van der Waals surface area (Å²) in [6.07, 6.45) is 1.11. The Hall–Kier alpha value is -2.41. The van der Waals surface area contributed by atoms with Gasteiger partial charge in [0.25, 0.3) is 0 Å². The molecule has 0 spiro atoms. The number of carbonyl (C=O) groups is 1. The lowest BCUT2D eigenvalue weighted by Gasteiger charge is -2.07. The minimum absolute atomic E-state index is 0.0566. The Balaban J connectivity index is 1.97. The molecule has 0 aliphatic heterocycles. The summed E-state index contributed by atoms with van der Waals surface area (Å²) in [5.41, 5.74) is 1.51. The van der Waals surface area contributed by atoms with Crippen molar-refractivity contribution in [2.24, 2.45) is 0 Å². The minimum Gasteiger partial charge on any atom is -0.326 e. The highest BCUT2D eigenvalue weighted by molar-refractivity contribution is 7.92. The van der Waals surface area contributed by atoms with E-state index in [2.05, 4.69) is 10.0 Å². The number of rotatable bonds is 5. The third-order valence-electron chi connectivity index (χ3n) is 2.73. The van der Waals surface area contributed by atoms with Crippen molar-refractivity contribution in [3.63, 3.8) is 0 Å². The van der Waals surface area contributed by atoms with E-state index in [0.717, 1.165) is 6.26 Å². The number of hydrogen-bond acceptors (Lipinski definition) is 3. The Morgan fingerprint density at radius 3 is 2.32 bits per heavy atom. The van der Waals surface area contributed by atoms with Crippen LogP contribution in [-0.2, 0) is 21.2 Å². The molecule has 2 N–H and O–H groups in total. The molecular formula is C15H15FN2O3S. The third-order valence-corrected chi connectivity index (χ3v) is 3.33. The average Bonchev–Trinajstić information content (AvgIpc) is 2.39. The number of amides is 1. The molecule has 0 radical (unpaired) electrons. The Kier molecular flexibility index (Phi) is 4.77. The highest BCUT2D eigenvalue weighted by Gasteiger charge is 2.06. The summed E-state index contributed by atoms with van der Waals surface area (Å²) < 4.78 is 37.5. The molecule has 0 fully saturated rings. The highest BCUT2D eigenvalue weighted by atomic mass is 32.2. The summed E-state index contributed by atoms with van der Waals surface area (Å²) >= 11 is 0. The van der Waals surface area contributed by atoms with Gasteiger partial charge in [-0.2, -0.15) is 0 Å². The normalized spacial score (nSPS) is 11.0. The molecule has 2 aromatic carbocycles. The van der Waals surface area contributed by atoms with Crippen molar-refractivity contribution in [2.75, 3.05) is 16.3 Å². The molecular weight excluding hydrogens is 307 g/mol. The summed E-state index contributed by atoms with van der Waals surface area (Å²) in [5, 5.41) is 2.66. The van der Waals surface area contributed by atoms with Crippen molar-refractivity contribution in [3.05, 3.63) is 59.9 Å². The molecule has 0 atom stereocenters. The van der Waals surface area contributed by atoms with Crippen LogP contribution < -0.4 is 10.0 Å². The van der Waals surface area contributed by atoms with Gasteiger partial charge < -0.3 is 5.32 Å². The molecule has 1 amide bonds. The van der Waals surface area contributed by atoms with Gasteiger partial charge in [0, 0.05) is 11.4 Å². The number of hydrogen-bond donors (Lipinski definition) is 2. The number of benzene rings is 2. The molecule has 2 rings (SSSR count). The average molecular weight is 322 g/mol. The first-order valence-corrected chi connectivity index (χ1v) is 8.33. The van der Waals surface area contributed by atoms with Crippen LogP contribution >= 0.6 is 0 Å². The van der Waals surface area contributed by atoms with Crippen LogP contribution in [0.15, 0.2) is 48.5 Å². The summed E-state index contributed by atoms with van der Waals surface area (Å²) in [4.78, 5) is 11.9. The molecule has 22 heavy (non-hydrogen) atoms. The second-order valence-electron chi connectivity index (χ2n) is 4.81. The topological polar surface area (TPSA) is 75.3 Å². The quantitative estimate of drug-likeness (QED) is 0.887. The maximum absolute atomic E-state index is 13.0. The lowest BCUT2D eigenvalue weighted by atomic mass is 10.1. The largest absolute Gasteiger partial charge is 0.326 e. The zero-order valence-electron chi connectivity index (χ0n) is 11.8. The molecule has 0 saturated carbocycles. The number of anilines is 2. The Morgan fingerprint density at radius 2 is 1.73 bits per heavy atom. The Labute approximate surface area is 128 Å². The zero-order valence-corrected chi connectivity index (χ0v) is 12.7. The number of nitrogens with one attached hydrogen (secondary N) is 2. The molecule has 5 nitrogen and oxygen atoms in total. The summed E-state index contributed by atoms with van der Waals surface area (Å²) in [6, 6.07) is 12.1. The predicted octanol–water partition coefficient (Wildman–Crippen LogP) is 2.38. The van der Waals surface area contributed by atoms with Crippen molar-refractivity contribution < 1.29 is 17.6 Å². The maximum atomic E-state index is 13.0. The lowest BCUT2D eigenvalue weighted by Crippen LogP contribution is -2.14. The van der Waals surface area contributed by atoms with E-state index >= 15 is 0 Å². The van der Waals surface area contributed by atoms with Crippen molar-refractivity contribution in [1.82, 2.24) is 0 Å². The smallest absolute Gasteiger partial charge is 0.229 e. The van der Waals surface area contributed by atoms with E-state index < -0.39 is 10.0 Å². The van der Waals surface area contributed by atoms with Crippen LogP contribution in [0, 0.1) is 5.82 Å². The van der Waals surface area contributed by atoms with Gasteiger partial charge in [-0.15, -0.1) is 0 Å². The first-order chi connectivity index (χ1) is 10.3. The van der Waals surface area contributed by atoms with Gasteiger partial charge in [0.2, 0.25) is 15.9 Å². The fourth-order valence-electron chi connectivity index (χ4n) is 1.87. The fraction of sp³-hybridized carbons (Fsp3) is 0.133. The first kappa shape index (κ1) is 16.0. The van der Waals surface area contributed by atoms with Gasteiger partial charge in [0.05, 0.1) is 12.7 Å². The second-order valence-corrected chi connectivity index (χ2v) is 6.55. The molecule has 0 bridgehead atoms. The van der Waals surface area contributed by atoms with Gasteiger partial charge in [-0.05, 0) is 42.0 Å². The van der Waals surface area contributed by atoms with E-state index in [9.17, 15) is 17.6 Å². The predicted molar refractivity (Wildman–Crippen MR) is 83.6 cm³/mol. The van der Waals surface area contributed by atoms with Gasteiger partial charge in [-0.3, -0.25) is 9.52 Å². The van der Waals surface area contributed by atoms with Gasteiger partial charge in [0.15, 0.2) is 0 Å². The van der Waals surface area contributed by atoms with Crippen LogP contribution in [0.5, 0.6) is 0 Å². The monoisotopic (exact) mass is 322 g/mol. The van der Waals surface area contributed by atoms with Gasteiger partial charge in [0.1, 0.15) is 5.82 Å². The number of carbonyl (C=O) groups excluding carboxylic acids is 1. The van der Waals surface area contributed by atoms with Crippen LogP contribution in [0.25, 0.3) is 0 Å². The molecule has 116 valence electrons. The number of sulfonamides is 1. The zero-order chi connectivity index (χ0) is 16.2. The van der Waals surface area contributed by atoms with Crippen molar-refractivity contribution in [3.8, 4) is 0 Å². The maximum Gasteiger partial charge on any atom is 0.229 e. The van der Waals surface area contributed by atoms with Gasteiger partial charge >= 0.3 is 0 Å². The molecule has 0 heterocycles. The van der Waals surface area contributed by atoms with Crippen molar-refractivity contribution in [1.29, 1.82) is 0 Å². The van der Waals surface area contributed by atoms with E-state index in [1.165, 1.54) is 12.1 Å². The van der Waals surface area contributed by atoms with Gasteiger partial charge in [-0.25, -0.2) is 12.8 Å². The third kappa shape index (κ3) is 5.17. The van der Waals surface area contributed by atoms with E-state index in [-0.39, 0.29) is 18.1 Å². The standard InChI is InChI=1S/C15H15FN2O3S/c1-22(20,21)18-14-7-5-13(6-8-14)17-15(19)10-11-3-2-4-12(16)9-11/h2-9,18H,10H2,1H3,(H,17,19). The highest BCUT2D eigenvalue weighted by Crippen LogP contribution is 2.15. The van der Waals surface area contributed by atoms with Gasteiger partial charge in [-0.1, -0.05) is 12.1 Å². The fourth-order valence-corrected chi connectivity index (χ4v) is 2.44. The molecule has 0 saturated heterocycles. The van der Waals surface area contributed by atoms with Crippen LogP contribution in [0.1, 0.15) is 5.56 Å². The Morgan fingerprint density at radius 1 is 1.09 bits per heavy atom. The number of halogens is 1. The van der Waals surface area contributed by atoms with Crippen LogP contribution in [0.4, 0.5) is 15.8 Å². The molecule has 0 aromatic heterocycles. The summed E-state index contributed by atoms with van der Waals surface area (Å²) in [7, 11) is -3.33. The van der Waals surface area contributed by atoms with E-state index in [1.54, 1.807) is 36.4 Å². The van der Waals surface area contributed by atoms with Crippen molar-refractivity contribution >= 4 is 27.3 Å². The Bertz CT molecular complexity index is 774. The minimum atomic E-state index is -3.33. The van der Waals surface area contributed by atoms with Crippen LogP contribution in [0.3, 0.4) is 0 Å². The van der Waals surface area contributed by atoms with E-state index in [1.807, 2.05) is 0 Å². The van der Waals surface area contributed by atoms with Crippen LogP contribution in [-0.4, -0.2) is 20.6 Å². The van der Waals surface area contributed by atoms with Crippen molar-refractivity contribution in [2.45, 2.75) is 6.42 Å².